The minimum Gasteiger partial charge on any atom is -0.371 e. The molecule has 0 atom stereocenters. The molecule has 1 saturated heterocycles. The van der Waals surface area contributed by atoms with Crippen LogP contribution in [0, 0.1) is 0 Å². The van der Waals surface area contributed by atoms with E-state index in [-0.39, 0.29) is 5.56 Å². The molecule has 0 amide bonds. The molecule has 1 nitrogen and oxygen atoms in total. The van der Waals surface area contributed by atoms with Crippen molar-refractivity contribution in [1.29, 1.82) is 0 Å². The normalized spacial score (nSPS) is 16.9. The second-order valence-electron chi connectivity index (χ2n) is 4.05. The summed E-state index contributed by atoms with van der Waals surface area (Å²) in [5.74, 6) is 0. The van der Waals surface area contributed by atoms with Gasteiger partial charge in [0, 0.05) is 28.8 Å². The number of hydrogen-bond donors (Lipinski definition) is 0. The Labute approximate surface area is 103 Å². The van der Waals surface area contributed by atoms with E-state index in [1.807, 2.05) is 6.07 Å². The van der Waals surface area contributed by atoms with Gasteiger partial charge in [-0.2, -0.15) is 0 Å². The third-order valence-electron chi connectivity index (χ3n) is 2.92. The Bertz CT molecular complexity index is 362. The van der Waals surface area contributed by atoms with Gasteiger partial charge in [0.1, 0.15) is 0 Å². The van der Waals surface area contributed by atoms with Gasteiger partial charge in [-0.25, -0.2) is 8.78 Å². The minimum absolute atomic E-state index is 0.135. The molecule has 16 heavy (non-hydrogen) atoms. The number of nitrogens with zero attached hydrogens (tertiary/aromatic N) is 1. The van der Waals surface area contributed by atoms with Crippen molar-refractivity contribution in [1.82, 2.24) is 0 Å². The molecule has 1 fully saturated rings. The van der Waals surface area contributed by atoms with Crippen LogP contribution in [0.4, 0.5) is 14.5 Å². The summed E-state index contributed by atoms with van der Waals surface area (Å²) in [5.41, 5.74) is 0.828. The Hall–Kier alpha value is -0.640. The number of piperidine rings is 1. The standard InChI is InChI=1S/C12H14BrF2N/c13-9-4-5-11(10(8-9)12(14)15)16-6-2-1-3-7-16/h4-5,8,12H,1-3,6-7H2. The minimum atomic E-state index is -2.41. The molecular formula is C12H14BrF2N. The van der Waals surface area contributed by atoms with Crippen LogP contribution in [-0.2, 0) is 0 Å². The van der Waals surface area contributed by atoms with Gasteiger partial charge >= 0.3 is 0 Å². The number of alkyl halides is 2. The lowest BCUT2D eigenvalue weighted by atomic mass is 10.1. The van der Waals surface area contributed by atoms with Crippen LogP contribution in [0.3, 0.4) is 0 Å². The van der Waals surface area contributed by atoms with Crippen molar-refractivity contribution >= 4 is 21.6 Å². The van der Waals surface area contributed by atoms with Gasteiger partial charge in [0.15, 0.2) is 0 Å². The van der Waals surface area contributed by atoms with Crippen LogP contribution in [0.25, 0.3) is 0 Å². The fraction of sp³-hybridized carbons (Fsp3) is 0.500. The van der Waals surface area contributed by atoms with Gasteiger partial charge in [-0.05, 0) is 37.5 Å². The van der Waals surface area contributed by atoms with Gasteiger partial charge < -0.3 is 4.90 Å². The van der Waals surface area contributed by atoms with E-state index in [1.54, 1.807) is 6.07 Å². The summed E-state index contributed by atoms with van der Waals surface area (Å²) < 4.78 is 26.5. The molecular weight excluding hydrogens is 276 g/mol. The molecule has 0 N–H and O–H groups in total. The molecule has 4 heteroatoms. The quantitative estimate of drug-likeness (QED) is 0.781. The van der Waals surface area contributed by atoms with Crippen molar-refractivity contribution in [3.8, 4) is 0 Å². The highest BCUT2D eigenvalue weighted by molar-refractivity contribution is 9.10. The van der Waals surface area contributed by atoms with Crippen LogP contribution in [0.2, 0.25) is 0 Å². The molecule has 0 saturated carbocycles. The molecule has 0 spiro atoms. The molecule has 0 aliphatic carbocycles. The Balaban J connectivity index is 2.31. The lowest BCUT2D eigenvalue weighted by Crippen LogP contribution is -2.30. The van der Waals surface area contributed by atoms with Gasteiger partial charge in [-0.1, -0.05) is 15.9 Å². The number of halogens is 3. The zero-order chi connectivity index (χ0) is 11.5. The summed E-state index contributed by atoms with van der Waals surface area (Å²) in [6.45, 7) is 1.78. The summed E-state index contributed by atoms with van der Waals surface area (Å²) >= 11 is 3.24. The van der Waals surface area contributed by atoms with Crippen molar-refractivity contribution in [3.05, 3.63) is 28.2 Å². The molecule has 1 aliphatic heterocycles. The Morgan fingerprint density at radius 2 is 1.81 bits per heavy atom. The van der Waals surface area contributed by atoms with E-state index in [1.165, 1.54) is 12.5 Å². The maximum atomic E-state index is 12.9. The average Bonchev–Trinajstić information content (AvgIpc) is 2.30. The largest absolute Gasteiger partial charge is 0.371 e. The Morgan fingerprint density at radius 3 is 2.44 bits per heavy atom. The molecule has 0 unspecified atom stereocenters. The van der Waals surface area contributed by atoms with E-state index >= 15 is 0 Å². The maximum absolute atomic E-state index is 12.9. The summed E-state index contributed by atoms with van der Waals surface area (Å²) in [4.78, 5) is 2.07. The van der Waals surface area contributed by atoms with Crippen molar-refractivity contribution in [2.45, 2.75) is 25.7 Å². The SMILES string of the molecule is FC(F)c1cc(Br)ccc1N1CCCCC1. The van der Waals surface area contributed by atoms with E-state index in [9.17, 15) is 8.78 Å². The zero-order valence-corrected chi connectivity index (χ0v) is 10.5. The molecule has 1 aromatic rings. The summed E-state index contributed by atoms with van der Waals surface area (Å²) in [6, 6.07) is 5.14. The third kappa shape index (κ3) is 2.54. The topological polar surface area (TPSA) is 3.24 Å². The first kappa shape index (κ1) is 11.8. The van der Waals surface area contributed by atoms with E-state index in [2.05, 4.69) is 20.8 Å². The fourth-order valence-corrected chi connectivity index (χ4v) is 2.50. The first-order valence-electron chi connectivity index (χ1n) is 5.51. The highest BCUT2D eigenvalue weighted by Gasteiger charge is 2.19. The van der Waals surface area contributed by atoms with E-state index < -0.39 is 6.43 Å². The van der Waals surface area contributed by atoms with Gasteiger partial charge in [0.2, 0.25) is 0 Å². The van der Waals surface area contributed by atoms with E-state index in [0.29, 0.717) is 10.2 Å². The van der Waals surface area contributed by atoms with Crippen LogP contribution < -0.4 is 4.90 Å². The summed E-state index contributed by atoms with van der Waals surface area (Å²) in [5, 5.41) is 0. The second kappa shape index (κ2) is 5.13. The first-order chi connectivity index (χ1) is 7.68. The van der Waals surface area contributed by atoms with Crippen LogP contribution in [-0.4, -0.2) is 13.1 Å². The van der Waals surface area contributed by atoms with E-state index in [4.69, 9.17) is 0 Å². The molecule has 1 aliphatic rings. The second-order valence-corrected chi connectivity index (χ2v) is 4.97. The number of hydrogen-bond acceptors (Lipinski definition) is 1. The van der Waals surface area contributed by atoms with Crippen molar-refractivity contribution in [3.63, 3.8) is 0 Å². The van der Waals surface area contributed by atoms with E-state index in [0.717, 1.165) is 25.9 Å². The van der Waals surface area contributed by atoms with Crippen LogP contribution in [0.1, 0.15) is 31.3 Å². The number of anilines is 1. The van der Waals surface area contributed by atoms with Crippen LogP contribution >= 0.6 is 15.9 Å². The zero-order valence-electron chi connectivity index (χ0n) is 8.93. The number of rotatable bonds is 2. The van der Waals surface area contributed by atoms with Gasteiger partial charge in [0.05, 0.1) is 0 Å². The lowest BCUT2D eigenvalue weighted by molar-refractivity contribution is 0.151. The summed E-state index contributed by atoms with van der Waals surface area (Å²) in [7, 11) is 0. The van der Waals surface area contributed by atoms with Gasteiger partial charge in [-0.3, -0.25) is 0 Å². The molecule has 0 aromatic heterocycles. The first-order valence-corrected chi connectivity index (χ1v) is 6.30. The molecule has 88 valence electrons. The maximum Gasteiger partial charge on any atom is 0.265 e. The predicted octanol–water partition coefficient (Wildman–Crippen LogP) is 4.38. The smallest absolute Gasteiger partial charge is 0.265 e. The molecule has 2 rings (SSSR count). The monoisotopic (exact) mass is 289 g/mol. The summed E-state index contributed by atoms with van der Waals surface area (Å²) in [6.07, 6.45) is 0.989. The fourth-order valence-electron chi connectivity index (χ4n) is 2.12. The molecule has 1 aromatic carbocycles. The molecule has 0 radical (unpaired) electrons. The molecule has 1 heterocycles. The Kier molecular flexibility index (Phi) is 3.79. The van der Waals surface area contributed by atoms with Crippen LogP contribution in [0.5, 0.6) is 0 Å². The highest BCUT2D eigenvalue weighted by Crippen LogP contribution is 2.33. The van der Waals surface area contributed by atoms with Gasteiger partial charge in [-0.15, -0.1) is 0 Å². The highest BCUT2D eigenvalue weighted by atomic mass is 79.9. The third-order valence-corrected chi connectivity index (χ3v) is 3.41. The lowest BCUT2D eigenvalue weighted by Gasteiger charge is -2.30. The number of benzene rings is 1. The molecule has 0 bridgehead atoms. The van der Waals surface area contributed by atoms with Crippen molar-refractivity contribution in [2.75, 3.05) is 18.0 Å². The predicted molar refractivity (Wildman–Crippen MR) is 65.2 cm³/mol. The average molecular weight is 290 g/mol. The Morgan fingerprint density at radius 1 is 1.12 bits per heavy atom. The van der Waals surface area contributed by atoms with Gasteiger partial charge in [0.25, 0.3) is 6.43 Å². The van der Waals surface area contributed by atoms with Crippen molar-refractivity contribution in [2.24, 2.45) is 0 Å². The van der Waals surface area contributed by atoms with Crippen LogP contribution in [0.15, 0.2) is 22.7 Å². The van der Waals surface area contributed by atoms with Crippen molar-refractivity contribution < 1.29 is 8.78 Å².